The zero-order chi connectivity index (χ0) is 14.7. The van der Waals surface area contributed by atoms with Gasteiger partial charge in [0.15, 0.2) is 0 Å². The molecule has 21 heavy (non-hydrogen) atoms. The molecule has 3 heteroatoms. The lowest BCUT2D eigenvalue weighted by molar-refractivity contribution is 0.614. The van der Waals surface area contributed by atoms with E-state index in [4.69, 9.17) is 0 Å². The highest BCUT2D eigenvalue weighted by molar-refractivity contribution is 5.49. The molecule has 0 spiro atoms. The van der Waals surface area contributed by atoms with Crippen LogP contribution in [0.25, 0.3) is 0 Å². The zero-order valence-corrected chi connectivity index (χ0v) is 12.4. The van der Waals surface area contributed by atoms with Crippen LogP contribution in [-0.2, 0) is 19.5 Å². The molecule has 1 N–H and O–H groups in total. The molecule has 2 aromatic rings. The summed E-state index contributed by atoms with van der Waals surface area (Å²) in [4.78, 5) is 2.10. The summed E-state index contributed by atoms with van der Waals surface area (Å²) in [5.41, 5.74) is 4.82. The van der Waals surface area contributed by atoms with E-state index in [0.717, 1.165) is 32.6 Å². The van der Waals surface area contributed by atoms with Gasteiger partial charge >= 0.3 is 0 Å². The summed E-state index contributed by atoms with van der Waals surface area (Å²) >= 11 is 0. The van der Waals surface area contributed by atoms with Crippen LogP contribution in [0.2, 0.25) is 0 Å². The van der Waals surface area contributed by atoms with Crippen molar-refractivity contribution in [1.29, 1.82) is 0 Å². The summed E-state index contributed by atoms with van der Waals surface area (Å²) in [5, 5.41) is 3.40. The van der Waals surface area contributed by atoms with Crippen molar-refractivity contribution in [2.24, 2.45) is 0 Å². The quantitative estimate of drug-likeness (QED) is 0.924. The third-order valence-corrected chi connectivity index (χ3v) is 4.17. The minimum absolute atomic E-state index is 0.147. The van der Waals surface area contributed by atoms with Gasteiger partial charge in [-0.15, -0.1) is 0 Å². The summed E-state index contributed by atoms with van der Waals surface area (Å²) in [5.74, 6) is -0.147. The van der Waals surface area contributed by atoms with Crippen molar-refractivity contribution in [3.05, 3.63) is 65.0 Å². The second-order valence-electron chi connectivity index (χ2n) is 5.45. The molecule has 2 aromatic carbocycles. The number of hydrogen-bond donors (Lipinski definition) is 1. The number of halogens is 1. The zero-order valence-electron chi connectivity index (χ0n) is 12.4. The van der Waals surface area contributed by atoms with Crippen molar-refractivity contribution in [2.45, 2.75) is 26.4 Å². The van der Waals surface area contributed by atoms with E-state index in [1.807, 2.05) is 12.1 Å². The molecular formula is C18H21FN2. The fourth-order valence-corrected chi connectivity index (χ4v) is 3.04. The van der Waals surface area contributed by atoms with Crippen LogP contribution in [0.15, 0.2) is 42.5 Å². The maximum Gasteiger partial charge on any atom is 0.146 e. The minimum Gasteiger partial charge on any atom is -0.365 e. The fourth-order valence-electron chi connectivity index (χ4n) is 3.04. The van der Waals surface area contributed by atoms with Gasteiger partial charge in [0.1, 0.15) is 5.82 Å². The molecular weight excluding hydrogens is 263 g/mol. The lowest BCUT2D eigenvalue weighted by atomic mass is 9.95. The largest absolute Gasteiger partial charge is 0.365 e. The predicted molar refractivity (Wildman–Crippen MR) is 85.0 cm³/mol. The molecule has 0 aliphatic carbocycles. The summed E-state index contributed by atoms with van der Waals surface area (Å²) in [6.07, 6.45) is 1.06. The molecule has 0 saturated carbocycles. The molecule has 0 amide bonds. The van der Waals surface area contributed by atoms with Gasteiger partial charge in [0, 0.05) is 19.6 Å². The van der Waals surface area contributed by atoms with E-state index in [9.17, 15) is 4.39 Å². The number of benzene rings is 2. The Hall–Kier alpha value is -1.87. The van der Waals surface area contributed by atoms with E-state index in [0.29, 0.717) is 5.69 Å². The first-order valence-electron chi connectivity index (χ1n) is 7.59. The highest BCUT2D eigenvalue weighted by Crippen LogP contribution is 2.24. The van der Waals surface area contributed by atoms with Crippen LogP contribution >= 0.6 is 0 Å². The monoisotopic (exact) mass is 284 g/mol. The molecule has 110 valence electrons. The Kier molecular flexibility index (Phi) is 4.20. The second kappa shape index (κ2) is 6.27. The van der Waals surface area contributed by atoms with E-state index in [1.165, 1.54) is 22.8 Å². The van der Waals surface area contributed by atoms with E-state index >= 15 is 0 Å². The summed E-state index contributed by atoms with van der Waals surface area (Å²) in [7, 11) is 0. The third kappa shape index (κ3) is 2.93. The molecule has 0 atom stereocenters. The number of fused-ring (bicyclic) bond motifs is 1. The van der Waals surface area contributed by atoms with Crippen LogP contribution in [0.5, 0.6) is 0 Å². The average Bonchev–Trinajstić information content (AvgIpc) is 2.53. The number of nitrogens with one attached hydrogen (secondary N) is 1. The van der Waals surface area contributed by atoms with Gasteiger partial charge in [0.25, 0.3) is 0 Å². The smallest absolute Gasteiger partial charge is 0.146 e. The Morgan fingerprint density at radius 2 is 2.00 bits per heavy atom. The van der Waals surface area contributed by atoms with Crippen molar-refractivity contribution in [3.8, 4) is 0 Å². The molecule has 1 heterocycles. The van der Waals surface area contributed by atoms with Crippen LogP contribution in [0.1, 0.15) is 23.6 Å². The Labute approximate surface area is 125 Å². The number of hydrogen-bond acceptors (Lipinski definition) is 2. The molecule has 0 radical (unpaired) electrons. The van der Waals surface area contributed by atoms with Gasteiger partial charge in [0.2, 0.25) is 0 Å². The number of rotatable bonds is 4. The first-order chi connectivity index (χ1) is 10.3. The fraction of sp³-hybridized carbons (Fsp3) is 0.333. The molecule has 3 rings (SSSR count). The van der Waals surface area contributed by atoms with Crippen molar-refractivity contribution in [3.63, 3.8) is 0 Å². The molecule has 0 unspecified atom stereocenters. The molecule has 0 aromatic heterocycles. The highest BCUT2D eigenvalue weighted by atomic mass is 19.1. The molecule has 1 aliphatic heterocycles. The van der Waals surface area contributed by atoms with Crippen LogP contribution in [0.4, 0.5) is 10.1 Å². The summed E-state index contributed by atoms with van der Waals surface area (Å²) in [6.45, 7) is 5.59. The maximum atomic E-state index is 14.0. The standard InChI is InChI=1S/C18H21FN2/c1-2-21(18-9-4-3-8-17(18)19)13-15-7-5-6-14-12-20-11-10-16(14)15/h3-9,20H,2,10-13H2,1H3. The Morgan fingerprint density at radius 1 is 1.14 bits per heavy atom. The van der Waals surface area contributed by atoms with E-state index in [-0.39, 0.29) is 5.82 Å². The topological polar surface area (TPSA) is 15.3 Å². The van der Waals surface area contributed by atoms with Gasteiger partial charge in [-0.3, -0.25) is 0 Å². The Morgan fingerprint density at radius 3 is 2.81 bits per heavy atom. The van der Waals surface area contributed by atoms with Crippen molar-refractivity contribution >= 4 is 5.69 Å². The van der Waals surface area contributed by atoms with Crippen LogP contribution in [0.3, 0.4) is 0 Å². The molecule has 1 aliphatic rings. The van der Waals surface area contributed by atoms with E-state index < -0.39 is 0 Å². The first kappa shape index (κ1) is 14.1. The SMILES string of the molecule is CCN(Cc1cccc2c1CCNC2)c1ccccc1F. The van der Waals surface area contributed by atoms with Gasteiger partial charge in [-0.05, 0) is 48.7 Å². The van der Waals surface area contributed by atoms with Crippen LogP contribution in [0, 0.1) is 5.82 Å². The molecule has 0 saturated heterocycles. The van der Waals surface area contributed by atoms with Gasteiger partial charge < -0.3 is 10.2 Å². The normalized spacial score (nSPS) is 13.8. The van der Waals surface area contributed by atoms with Crippen molar-refractivity contribution in [2.75, 3.05) is 18.0 Å². The van der Waals surface area contributed by atoms with Crippen LogP contribution in [-0.4, -0.2) is 13.1 Å². The lowest BCUT2D eigenvalue weighted by Crippen LogP contribution is -2.28. The van der Waals surface area contributed by atoms with E-state index in [2.05, 4.69) is 35.3 Å². The minimum atomic E-state index is -0.147. The van der Waals surface area contributed by atoms with Crippen LogP contribution < -0.4 is 10.2 Å². The van der Waals surface area contributed by atoms with Gasteiger partial charge in [-0.2, -0.15) is 0 Å². The number of anilines is 1. The Bertz CT molecular complexity index is 624. The van der Waals surface area contributed by atoms with Crippen molar-refractivity contribution in [1.82, 2.24) is 5.32 Å². The van der Waals surface area contributed by atoms with Crippen molar-refractivity contribution < 1.29 is 4.39 Å². The lowest BCUT2D eigenvalue weighted by Gasteiger charge is -2.27. The first-order valence-corrected chi connectivity index (χ1v) is 7.59. The molecule has 0 fully saturated rings. The van der Waals surface area contributed by atoms with Gasteiger partial charge in [-0.25, -0.2) is 4.39 Å². The average molecular weight is 284 g/mol. The van der Waals surface area contributed by atoms with E-state index in [1.54, 1.807) is 6.07 Å². The summed E-state index contributed by atoms with van der Waals surface area (Å²) < 4.78 is 14.0. The molecule has 2 nitrogen and oxygen atoms in total. The third-order valence-electron chi connectivity index (χ3n) is 4.17. The highest BCUT2D eigenvalue weighted by Gasteiger charge is 2.16. The summed E-state index contributed by atoms with van der Waals surface area (Å²) in [6, 6.07) is 13.5. The Balaban J connectivity index is 1.90. The van der Waals surface area contributed by atoms with Gasteiger partial charge in [0.05, 0.1) is 5.69 Å². The number of nitrogens with zero attached hydrogens (tertiary/aromatic N) is 1. The maximum absolute atomic E-state index is 14.0. The molecule has 0 bridgehead atoms. The van der Waals surface area contributed by atoms with Gasteiger partial charge in [-0.1, -0.05) is 30.3 Å². The second-order valence-corrected chi connectivity index (χ2v) is 5.45. The number of para-hydroxylation sites is 1. The predicted octanol–water partition coefficient (Wildman–Crippen LogP) is 3.50.